The van der Waals surface area contributed by atoms with Crippen LogP contribution in [0.1, 0.15) is 62.9 Å². The lowest BCUT2D eigenvalue weighted by molar-refractivity contribution is 0.0788. The van der Waals surface area contributed by atoms with E-state index >= 15 is 0 Å². The third-order valence-corrected chi connectivity index (χ3v) is 6.45. The maximum atomic E-state index is 13.7. The highest BCUT2D eigenvalue weighted by Gasteiger charge is 2.29. The number of amides is 1. The number of halogens is 1. The van der Waals surface area contributed by atoms with Crippen molar-refractivity contribution in [2.45, 2.75) is 53.9 Å². The molecule has 162 valence electrons. The van der Waals surface area contributed by atoms with Crippen LogP contribution in [-0.4, -0.2) is 38.7 Å². The van der Waals surface area contributed by atoms with E-state index < -0.39 is 0 Å². The first kappa shape index (κ1) is 22.3. The molecule has 0 saturated heterocycles. The number of nitrogens with one attached hydrogen (secondary N) is 1. The number of allylic oxidation sites excluding steroid dienone is 2. The van der Waals surface area contributed by atoms with Gasteiger partial charge in [0.25, 0.3) is 5.91 Å². The molecule has 7 heteroatoms. The molecule has 3 heterocycles. The van der Waals surface area contributed by atoms with Crippen LogP contribution in [0.4, 0.5) is 5.82 Å². The second-order valence-corrected chi connectivity index (χ2v) is 9.24. The van der Waals surface area contributed by atoms with E-state index in [1.165, 1.54) is 0 Å². The van der Waals surface area contributed by atoms with E-state index in [1.807, 2.05) is 45.0 Å². The van der Waals surface area contributed by atoms with Crippen LogP contribution in [-0.2, 0) is 7.05 Å². The van der Waals surface area contributed by atoms with Crippen molar-refractivity contribution in [1.82, 2.24) is 19.7 Å². The van der Waals surface area contributed by atoms with Crippen LogP contribution in [0.15, 0.2) is 24.2 Å². The molecule has 0 unspecified atom stereocenters. The average Bonchev–Trinajstić information content (AvgIpc) is 3.12. The van der Waals surface area contributed by atoms with Crippen LogP contribution in [0.5, 0.6) is 0 Å². The lowest BCUT2D eigenvalue weighted by Gasteiger charge is -2.30. The number of carbonyl (C=O) groups excluding carboxylic acids is 1. The van der Waals surface area contributed by atoms with E-state index in [4.69, 9.17) is 16.6 Å². The maximum Gasteiger partial charge on any atom is 0.262 e. The summed E-state index contributed by atoms with van der Waals surface area (Å²) in [5.41, 5.74) is 3.86. The van der Waals surface area contributed by atoms with Crippen molar-refractivity contribution in [1.29, 1.82) is 0 Å². The zero-order chi connectivity index (χ0) is 22.1. The van der Waals surface area contributed by atoms with Gasteiger partial charge >= 0.3 is 0 Å². The molecule has 1 aliphatic rings. The Morgan fingerprint density at radius 2 is 2.07 bits per heavy atom. The fourth-order valence-electron chi connectivity index (χ4n) is 3.85. The Morgan fingerprint density at radius 3 is 2.70 bits per heavy atom. The van der Waals surface area contributed by atoms with Gasteiger partial charge in [-0.25, -0.2) is 4.98 Å². The molecule has 0 atom stereocenters. The Labute approximate surface area is 184 Å². The topological polar surface area (TPSA) is 63.0 Å². The van der Waals surface area contributed by atoms with Crippen molar-refractivity contribution in [2.75, 3.05) is 18.4 Å². The summed E-state index contributed by atoms with van der Waals surface area (Å²) in [5.74, 6) is 0.532. The minimum Gasteiger partial charge on any atom is -0.369 e. The molecule has 2 aromatic heterocycles. The summed E-state index contributed by atoms with van der Waals surface area (Å²) in [7, 11) is 1.86. The number of rotatable bonds is 2. The van der Waals surface area contributed by atoms with Crippen molar-refractivity contribution < 1.29 is 4.79 Å². The van der Waals surface area contributed by atoms with Gasteiger partial charge < -0.3 is 10.2 Å². The molecule has 1 N–H and O–H groups in total. The van der Waals surface area contributed by atoms with Gasteiger partial charge in [-0.2, -0.15) is 5.10 Å². The van der Waals surface area contributed by atoms with Gasteiger partial charge in [0.2, 0.25) is 0 Å². The Kier molecular flexibility index (Phi) is 6.56. The minimum atomic E-state index is -0.0598. The number of carbonyl (C=O) groups is 1. The zero-order valence-electron chi connectivity index (χ0n) is 18.8. The Morgan fingerprint density at radius 1 is 1.33 bits per heavy atom. The summed E-state index contributed by atoms with van der Waals surface area (Å²) in [6.45, 7) is 11.8. The average molecular weight is 430 g/mol. The van der Waals surface area contributed by atoms with E-state index in [1.54, 1.807) is 10.9 Å². The second-order valence-electron chi connectivity index (χ2n) is 8.86. The molecule has 0 aromatic carbocycles. The lowest BCUT2D eigenvalue weighted by atomic mass is 9.84. The van der Waals surface area contributed by atoms with E-state index in [9.17, 15) is 4.79 Å². The molecule has 1 amide bonds. The summed E-state index contributed by atoms with van der Waals surface area (Å²) in [6, 6.07) is 0. The Balaban J connectivity index is 2.16. The molecule has 3 rings (SSSR count). The zero-order valence-corrected chi connectivity index (χ0v) is 19.6. The quantitative estimate of drug-likeness (QED) is 0.691. The van der Waals surface area contributed by atoms with Gasteiger partial charge in [-0.05, 0) is 51.0 Å². The molecule has 0 spiro atoms. The van der Waals surface area contributed by atoms with Gasteiger partial charge in [-0.1, -0.05) is 31.5 Å². The van der Waals surface area contributed by atoms with Gasteiger partial charge in [0.05, 0.1) is 22.5 Å². The molecule has 0 saturated carbocycles. The molecule has 0 bridgehead atoms. The van der Waals surface area contributed by atoms with Crippen molar-refractivity contribution >= 4 is 23.3 Å². The highest BCUT2D eigenvalue weighted by Crippen LogP contribution is 2.36. The molecular weight excluding hydrogens is 398 g/mol. The lowest BCUT2D eigenvalue weighted by Crippen LogP contribution is -2.33. The molecule has 0 radical (unpaired) electrons. The van der Waals surface area contributed by atoms with E-state index in [0.29, 0.717) is 28.6 Å². The van der Waals surface area contributed by atoms with Gasteiger partial charge in [0.1, 0.15) is 5.82 Å². The largest absolute Gasteiger partial charge is 0.369 e. The molecule has 0 fully saturated rings. The number of aromatic nitrogens is 3. The van der Waals surface area contributed by atoms with Crippen LogP contribution in [0.3, 0.4) is 0 Å². The third kappa shape index (κ3) is 4.53. The van der Waals surface area contributed by atoms with Crippen LogP contribution in [0, 0.1) is 12.3 Å². The molecule has 0 aliphatic carbocycles. The smallest absolute Gasteiger partial charge is 0.262 e. The number of hydrogen-bond donors (Lipinski definition) is 1. The molecular formula is C23H32ClN5O. The first-order chi connectivity index (χ1) is 14.1. The van der Waals surface area contributed by atoms with E-state index in [0.717, 1.165) is 42.6 Å². The Bertz CT molecular complexity index is 976. The summed E-state index contributed by atoms with van der Waals surface area (Å²) < 4.78 is 1.72. The highest BCUT2D eigenvalue weighted by atomic mass is 35.5. The van der Waals surface area contributed by atoms with Crippen LogP contribution in [0.2, 0.25) is 5.02 Å². The minimum absolute atomic E-state index is 0.0598. The summed E-state index contributed by atoms with van der Waals surface area (Å²) in [4.78, 5) is 20.4. The van der Waals surface area contributed by atoms with Gasteiger partial charge in [-0.3, -0.25) is 9.48 Å². The normalized spacial score (nSPS) is 17.9. The standard InChI is InChI=1S/C23H32ClN5O/c1-7-15(2)29-12-10-23(4,5)9-8-11-25-21-18(22(29)30)16(3)19(24)20(27-21)17-13-26-28(6)14-17/h7,13-14H,8-12H2,1-6H3,(H,25,27)/b15-7+. The van der Waals surface area contributed by atoms with Crippen LogP contribution < -0.4 is 5.32 Å². The number of anilines is 1. The predicted molar refractivity (Wildman–Crippen MR) is 123 cm³/mol. The second kappa shape index (κ2) is 8.80. The van der Waals surface area contributed by atoms with E-state index in [-0.39, 0.29) is 11.3 Å². The Hall–Kier alpha value is -2.34. The summed E-state index contributed by atoms with van der Waals surface area (Å²) in [5, 5.41) is 8.16. The molecule has 6 nitrogen and oxygen atoms in total. The van der Waals surface area contributed by atoms with E-state index in [2.05, 4.69) is 24.3 Å². The number of hydrogen-bond acceptors (Lipinski definition) is 4. The number of fused-ring (bicyclic) bond motifs is 1. The first-order valence-electron chi connectivity index (χ1n) is 10.5. The maximum absolute atomic E-state index is 13.7. The summed E-state index contributed by atoms with van der Waals surface area (Å²) >= 11 is 6.73. The predicted octanol–water partition coefficient (Wildman–Crippen LogP) is 5.43. The molecule has 2 aromatic rings. The van der Waals surface area contributed by atoms with Crippen molar-refractivity contribution in [3.05, 3.63) is 40.3 Å². The van der Waals surface area contributed by atoms with Gasteiger partial charge in [-0.15, -0.1) is 0 Å². The number of pyridine rings is 1. The van der Waals surface area contributed by atoms with Crippen LogP contribution >= 0.6 is 11.6 Å². The van der Waals surface area contributed by atoms with Gasteiger partial charge in [0.15, 0.2) is 0 Å². The van der Waals surface area contributed by atoms with Crippen molar-refractivity contribution in [2.24, 2.45) is 12.5 Å². The summed E-state index contributed by atoms with van der Waals surface area (Å²) in [6.07, 6.45) is 8.63. The monoisotopic (exact) mass is 429 g/mol. The number of aryl methyl sites for hydroxylation is 1. The first-order valence-corrected chi connectivity index (χ1v) is 10.9. The fourth-order valence-corrected chi connectivity index (χ4v) is 4.09. The molecule has 1 aliphatic heterocycles. The third-order valence-electron chi connectivity index (χ3n) is 5.99. The van der Waals surface area contributed by atoms with Crippen molar-refractivity contribution in [3.63, 3.8) is 0 Å². The SMILES string of the molecule is C/C=C(\C)N1CCC(C)(C)CCCNc2nc(-c3cnn(C)c3)c(Cl)c(C)c2C1=O. The highest BCUT2D eigenvalue weighted by molar-refractivity contribution is 6.34. The molecule has 30 heavy (non-hydrogen) atoms. The fraction of sp³-hybridized carbons (Fsp3) is 0.522. The number of nitrogens with zero attached hydrogens (tertiary/aromatic N) is 4. The van der Waals surface area contributed by atoms with Gasteiger partial charge in [0, 0.05) is 37.6 Å². The van der Waals surface area contributed by atoms with Crippen molar-refractivity contribution in [3.8, 4) is 11.3 Å². The van der Waals surface area contributed by atoms with Crippen LogP contribution in [0.25, 0.3) is 11.3 Å².